The van der Waals surface area contributed by atoms with Crippen LogP contribution in [0.4, 0.5) is 0 Å². The zero-order valence-electron chi connectivity index (χ0n) is 8.11. The van der Waals surface area contributed by atoms with Gasteiger partial charge in [-0.05, 0) is 12.1 Å². The second-order valence-corrected chi connectivity index (χ2v) is 2.67. The van der Waals surface area contributed by atoms with E-state index in [9.17, 15) is 0 Å². The summed E-state index contributed by atoms with van der Waals surface area (Å²) in [7, 11) is 0. The Kier molecular flexibility index (Phi) is 4.35. The molecule has 0 heterocycles. The first-order valence-electron chi connectivity index (χ1n) is 4.44. The van der Waals surface area contributed by atoms with E-state index >= 15 is 0 Å². The van der Waals surface area contributed by atoms with Gasteiger partial charge in [0.05, 0.1) is 0 Å². The van der Waals surface area contributed by atoms with E-state index in [2.05, 4.69) is 13.2 Å². The minimum absolute atomic E-state index is 0.505. The molecule has 14 heavy (non-hydrogen) atoms. The number of hydrogen-bond donors (Lipinski definition) is 0. The highest BCUT2D eigenvalue weighted by Gasteiger charge is 1.95. The van der Waals surface area contributed by atoms with Crippen molar-refractivity contribution in [3.05, 3.63) is 49.6 Å². The van der Waals surface area contributed by atoms with Gasteiger partial charge in [-0.2, -0.15) is 0 Å². The van der Waals surface area contributed by atoms with E-state index in [0.29, 0.717) is 13.2 Å². The molecule has 1 aromatic carbocycles. The van der Waals surface area contributed by atoms with Gasteiger partial charge < -0.3 is 9.47 Å². The fourth-order valence-electron chi connectivity index (χ4n) is 0.964. The van der Waals surface area contributed by atoms with E-state index in [4.69, 9.17) is 9.47 Å². The van der Waals surface area contributed by atoms with Gasteiger partial charge >= 0.3 is 0 Å². The molecule has 0 unspecified atom stereocenters. The number of ether oxygens (including phenoxy) is 2. The van der Waals surface area contributed by atoms with Crippen molar-refractivity contribution in [3.63, 3.8) is 0 Å². The van der Waals surface area contributed by atoms with E-state index in [0.717, 1.165) is 11.5 Å². The van der Waals surface area contributed by atoms with E-state index in [-0.39, 0.29) is 0 Å². The lowest BCUT2D eigenvalue weighted by Crippen LogP contribution is -1.95. The zero-order chi connectivity index (χ0) is 10.2. The Labute approximate surface area is 84.5 Å². The average molecular weight is 190 g/mol. The first-order chi connectivity index (χ1) is 6.86. The first-order valence-corrected chi connectivity index (χ1v) is 4.44. The van der Waals surface area contributed by atoms with Crippen molar-refractivity contribution in [2.45, 2.75) is 0 Å². The molecule has 0 aliphatic rings. The maximum Gasteiger partial charge on any atom is 0.123 e. The molecule has 0 spiro atoms. The second kappa shape index (κ2) is 5.86. The third-order valence-corrected chi connectivity index (χ3v) is 1.54. The monoisotopic (exact) mass is 190 g/mol. The SMILES string of the molecule is C=CCOc1cccc(OCC=C)c1. The molecule has 1 rings (SSSR count). The van der Waals surface area contributed by atoms with Crippen LogP contribution in [0, 0.1) is 0 Å². The predicted molar refractivity (Wildman–Crippen MR) is 57.8 cm³/mol. The molecule has 0 N–H and O–H groups in total. The van der Waals surface area contributed by atoms with Crippen LogP contribution in [0.5, 0.6) is 11.5 Å². The van der Waals surface area contributed by atoms with Crippen LogP contribution in [0.3, 0.4) is 0 Å². The summed E-state index contributed by atoms with van der Waals surface area (Å²) in [6, 6.07) is 7.48. The summed E-state index contributed by atoms with van der Waals surface area (Å²) in [6.07, 6.45) is 3.41. The van der Waals surface area contributed by atoms with Crippen molar-refractivity contribution < 1.29 is 9.47 Å². The van der Waals surface area contributed by atoms with Crippen molar-refractivity contribution in [1.29, 1.82) is 0 Å². The van der Waals surface area contributed by atoms with Gasteiger partial charge in [0.1, 0.15) is 24.7 Å². The quantitative estimate of drug-likeness (QED) is 0.642. The highest BCUT2D eigenvalue weighted by atomic mass is 16.5. The maximum absolute atomic E-state index is 5.35. The molecule has 74 valence electrons. The van der Waals surface area contributed by atoms with Crippen LogP contribution in [-0.2, 0) is 0 Å². The van der Waals surface area contributed by atoms with E-state index in [1.54, 1.807) is 12.2 Å². The zero-order valence-corrected chi connectivity index (χ0v) is 8.11. The average Bonchev–Trinajstić information content (AvgIpc) is 2.24. The summed E-state index contributed by atoms with van der Waals surface area (Å²) in [4.78, 5) is 0. The van der Waals surface area contributed by atoms with Crippen LogP contribution in [0.2, 0.25) is 0 Å². The Morgan fingerprint density at radius 1 is 1.00 bits per heavy atom. The Morgan fingerprint density at radius 3 is 1.93 bits per heavy atom. The molecule has 0 aromatic heterocycles. The predicted octanol–water partition coefficient (Wildman–Crippen LogP) is 2.82. The minimum Gasteiger partial charge on any atom is -0.489 e. The van der Waals surface area contributed by atoms with Crippen LogP contribution in [0.25, 0.3) is 0 Å². The van der Waals surface area contributed by atoms with Crippen molar-refractivity contribution in [1.82, 2.24) is 0 Å². The molecule has 1 aromatic rings. The van der Waals surface area contributed by atoms with Gasteiger partial charge in [-0.25, -0.2) is 0 Å². The summed E-state index contributed by atoms with van der Waals surface area (Å²) in [5, 5.41) is 0. The third kappa shape index (κ3) is 3.35. The molecule has 0 bridgehead atoms. The largest absolute Gasteiger partial charge is 0.489 e. The fraction of sp³-hybridized carbons (Fsp3) is 0.167. The van der Waals surface area contributed by atoms with Crippen LogP contribution in [0.15, 0.2) is 49.6 Å². The number of hydrogen-bond acceptors (Lipinski definition) is 2. The smallest absolute Gasteiger partial charge is 0.123 e. The van der Waals surface area contributed by atoms with Gasteiger partial charge in [-0.15, -0.1) is 0 Å². The van der Waals surface area contributed by atoms with Crippen molar-refractivity contribution >= 4 is 0 Å². The normalized spacial score (nSPS) is 9.14. The molecular formula is C12H14O2. The molecule has 2 nitrogen and oxygen atoms in total. The topological polar surface area (TPSA) is 18.5 Å². The molecule has 0 radical (unpaired) electrons. The molecule has 0 aliphatic heterocycles. The lowest BCUT2D eigenvalue weighted by molar-refractivity contribution is 0.345. The molecule has 0 saturated heterocycles. The molecule has 0 aliphatic carbocycles. The van der Waals surface area contributed by atoms with Gasteiger partial charge in [0, 0.05) is 6.07 Å². The molecule has 2 heteroatoms. The Hall–Kier alpha value is -1.70. The van der Waals surface area contributed by atoms with Gasteiger partial charge in [-0.1, -0.05) is 31.4 Å². The summed E-state index contributed by atoms with van der Waals surface area (Å²) in [6.45, 7) is 8.17. The van der Waals surface area contributed by atoms with Gasteiger partial charge in [-0.3, -0.25) is 0 Å². The Morgan fingerprint density at radius 2 is 1.50 bits per heavy atom. The van der Waals surface area contributed by atoms with E-state index in [1.807, 2.05) is 24.3 Å². The fourth-order valence-corrected chi connectivity index (χ4v) is 0.964. The maximum atomic E-state index is 5.35. The highest BCUT2D eigenvalue weighted by Crippen LogP contribution is 2.19. The Bertz CT molecular complexity index is 278. The van der Waals surface area contributed by atoms with Crippen molar-refractivity contribution in [2.24, 2.45) is 0 Å². The second-order valence-electron chi connectivity index (χ2n) is 2.67. The minimum atomic E-state index is 0.505. The molecule has 0 saturated carbocycles. The summed E-state index contributed by atoms with van der Waals surface area (Å²) in [5.41, 5.74) is 0. The summed E-state index contributed by atoms with van der Waals surface area (Å²) < 4.78 is 10.7. The number of rotatable bonds is 6. The molecule has 0 atom stereocenters. The molecular weight excluding hydrogens is 176 g/mol. The lowest BCUT2D eigenvalue weighted by Gasteiger charge is -2.06. The van der Waals surface area contributed by atoms with Crippen LogP contribution < -0.4 is 9.47 Å². The van der Waals surface area contributed by atoms with Crippen LogP contribution >= 0.6 is 0 Å². The number of benzene rings is 1. The van der Waals surface area contributed by atoms with Gasteiger partial charge in [0.25, 0.3) is 0 Å². The standard InChI is InChI=1S/C12H14O2/c1-3-8-13-11-6-5-7-12(10-11)14-9-4-2/h3-7,10H,1-2,8-9H2. The lowest BCUT2D eigenvalue weighted by atomic mass is 10.3. The van der Waals surface area contributed by atoms with Gasteiger partial charge in [0.2, 0.25) is 0 Å². The summed E-state index contributed by atoms with van der Waals surface area (Å²) >= 11 is 0. The third-order valence-electron chi connectivity index (χ3n) is 1.54. The summed E-state index contributed by atoms with van der Waals surface area (Å²) in [5.74, 6) is 1.57. The van der Waals surface area contributed by atoms with E-state index < -0.39 is 0 Å². The molecule has 0 amide bonds. The van der Waals surface area contributed by atoms with E-state index in [1.165, 1.54) is 0 Å². The van der Waals surface area contributed by atoms with Crippen molar-refractivity contribution in [3.8, 4) is 11.5 Å². The van der Waals surface area contributed by atoms with Gasteiger partial charge in [0.15, 0.2) is 0 Å². The highest BCUT2D eigenvalue weighted by molar-refractivity contribution is 5.33. The van der Waals surface area contributed by atoms with Crippen LogP contribution in [0.1, 0.15) is 0 Å². The van der Waals surface area contributed by atoms with Crippen LogP contribution in [-0.4, -0.2) is 13.2 Å². The first kappa shape index (κ1) is 10.4. The van der Waals surface area contributed by atoms with Crippen molar-refractivity contribution in [2.75, 3.05) is 13.2 Å². The molecule has 0 fully saturated rings. The Balaban J connectivity index is 2.58.